The van der Waals surface area contributed by atoms with Crippen LogP contribution in [-0.2, 0) is 0 Å². The van der Waals surface area contributed by atoms with Crippen LogP contribution in [0.25, 0.3) is 0 Å². The van der Waals surface area contributed by atoms with Crippen molar-refractivity contribution in [1.29, 1.82) is 0 Å². The summed E-state index contributed by atoms with van der Waals surface area (Å²) in [5.74, 6) is -11.6. The number of benzene rings is 1. The fourth-order valence-electron chi connectivity index (χ4n) is 1.21. The molecule has 0 unspecified atom stereocenters. The Morgan fingerprint density at radius 1 is 1.00 bits per heavy atom. The van der Waals surface area contributed by atoms with Crippen molar-refractivity contribution in [2.45, 2.75) is 18.0 Å². The van der Waals surface area contributed by atoms with Crippen molar-refractivity contribution in [2.24, 2.45) is 0 Å². The molecule has 0 aliphatic heterocycles. The Bertz CT molecular complexity index is 606. The minimum Gasteiger partial charge on any atom is -0.497 e. The van der Waals surface area contributed by atoms with Crippen LogP contribution in [0, 0.1) is 11.8 Å². The van der Waals surface area contributed by atoms with E-state index in [9.17, 15) is 35.5 Å². The molecule has 22 heavy (non-hydrogen) atoms. The summed E-state index contributed by atoms with van der Waals surface area (Å²) in [4.78, 5) is 11.4. The highest BCUT2D eigenvalue weighted by molar-refractivity contribution is 6.09. The Balaban J connectivity index is 3.03. The number of rotatable bonds is 3. The second-order valence-electron chi connectivity index (χ2n) is 3.95. The molecule has 0 aliphatic rings. The largest absolute Gasteiger partial charge is 0.497 e. The normalized spacial score (nSPS) is 12.4. The van der Waals surface area contributed by atoms with Crippen LogP contribution in [-0.4, -0.2) is 30.9 Å². The van der Waals surface area contributed by atoms with E-state index in [2.05, 4.69) is 0 Å². The molecule has 0 spiro atoms. The standard InChI is InChI=1S/C13H7F7O2/c1-22-9-4-2-8(3-5-9)10(21)6-7-11(14,15)12(16,17)13(18,19)20/h2-5H,1H3. The summed E-state index contributed by atoms with van der Waals surface area (Å²) in [5.41, 5.74) is -0.264. The molecule has 1 aromatic rings. The van der Waals surface area contributed by atoms with Crippen LogP contribution in [0.5, 0.6) is 5.75 Å². The van der Waals surface area contributed by atoms with Crippen molar-refractivity contribution in [1.82, 2.24) is 0 Å². The Morgan fingerprint density at radius 2 is 1.50 bits per heavy atom. The van der Waals surface area contributed by atoms with Gasteiger partial charge in [0.15, 0.2) is 0 Å². The number of hydrogen-bond acceptors (Lipinski definition) is 2. The maximum Gasteiger partial charge on any atom is 0.461 e. The number of hydrogen-bond donors (Lipinski definition) is 0. The molecule has 0 radical (unpaired) electrons. The van der Waals surface area contributed by atoms with Crippen LogP contribution >= 0.6 is 0 Å². The van der Waals surface area contributed by atoms with Gasteiger partial charge in [-0.15, -0.1) is 0 Å². The van der Waals surface area contributed by atoms with Gasteiger partial charge < -0.3 is 4.74 Å². The number of ketones is 1. The highest BCUT2D eigenvalue weighted by Crippen LogP contribution is 2.46. The molecule has 0 aromatic heterocycles. The predicted molar refractivity (Wildman–Crippen MR) is 61.0 cm³/mol. The molecule has 1 rings (SSSR count). The first-order valence-corrected chi connectivity index (χ1v) is 5.46. The Labute approximate surface area is 119 Å². The third-order valence-electron chi connectivity index (χ3n) is 2.44. The lowest BCUT2D eigenvalue weighted by atomic mass is 10.1. The lowest BCUT2D eigenvalue weighted by molar-refractivity contribution is -0.339. The quantitative estimate of drug-likeness (QED) is 0.366. The Hall–Kier alpha value is -2.24. The van der Waals surface area contributed by atoms with E-state index in [1.807, 2.05) is 0 Å². The number of carbonyl (C=O) groups is 1. The SMILES string of the molecule is COc1ccc(C(=O)C#CC(F)(F)C(F)(F)C(F)(F)F)cc1. The molecule has 120 valence electrons. The average Bonchev–Trinajstić information content (AvgIpc) is 2.43. The molecule has 0 N–H and O–H groups in total. The first kappa shape index (κ1) is 17.8. The van der Waals surface area contributed by atoms with E-state index in [0.717, 1.165) is 18.1 Å². The fraction of sp³-hybridized carbons (Fsp3) is 0.308. The van der Waals surface area contributed by atoms with Gasteiger partial charge >= 0.3 is 18.0 Å². The third-order valence-corrected chi connectivity index (χ3v) is 2.44. The van der Waals surface area contributed by atoms with Crippen molar-refractivity contribution >= 4 is 5.78 Å². The van der Waals surface area contributed by atoms with Gasteiger partial charge in [-0.2, -0.15) is 30.7 Å². The molecule has 1 aromatic carbocycles. The van der Waals surface area contributed by atoms with Crippen molar-refractivity contribution < 1.29 is 40.3 Å². The summed E-state index contributed by atoms with van der Waals surface area (Å²) in [7, 11) is 1.32. The molecule has 0 bridgehead atoms. The van der Waals surface area contributed by atoms with E-state index in [0.29, 0.717) is 11.7 Å². The Kier molecular flexibility index (Phi) is 4.75. The zero-order valence-corrected chi connectivity index (χ0v) is 10.8. The molecule has 2 nitrogen and oxygen atoms in total. The number of alkyl halides is 7. The molecule has 0 atom stereocenters. The van der Waals surface area contributed by atoms with Crippen LogP contribution in [0.2, 0.25) is 0 Å². The fourth-order valence-corrected chi connectivity index (χ4v) is 1.21. The summed E-state index contributed by atoms with van der Waals surface area (Å²) < 4.78 is 91.2. The van der Waals surface area contributed by atoms with Gasteiger partial charge in [0.25, 0.3) is 0 Å². The number of Topliss-reactive ketones (excluding diaryl/α,β-unsaturated/α-hetero) is 1. The molecular formula is C13H7F7O2. The first-order chi connectivity index (χ1) is 9.92. The van der Waals surface area contributed by atoms with Gasteiger partial charge in [-0.1, -0.05) is 0 Å². The maximum absolute atomic E-state index is 12.9. The third kappa shape index (κ3) is 3.50. The molecule has 9 heteroatoms. The minimum atomic E-state index is -6.49. The van der Waals surface area contributed by atoms with E-state index in [1.54, 1.807) is 0 Å². The van der Waals surface area contributed by atoms with Gasteiger partial charge in [0.1, 0.15) is 5.75 Å². The maximum atomic E-state index is 12.9. The van der Waals surface area contributed by atoms with Crippen LogP contribution in [0.15, 0.2) is 24.3 Å². The molecule has 0 aliphatic carbocycles. The highest BCUT2D eigenvalue weighted by atomic mass is 19.4. The van der Waals surface area contributed by atoms with Crippen molar-refractivity contribution in [2.75, 3.05) is 7.11 Å². The number of halogens is 7. The zero-order chi connectivity index (χ0) is 17.2. The predicted octanol–water partition coefficient (Wildman–Crippen LogP) is 3.71. The lowest BCUT2D eigenvalue weighted by Crippen LogP contribution is -2.51. The number of ether oxygens (including phenoxy) is 1. The van der Waals surface area contributed by atoms with Gasteiger partial charge in [0, 0.05) is 5.56 Å². The van der Waals surface area contributed by atoms with E-state index in [-0.39, 0.29) is 5.56 Å². The number of methoxy groups -OCH3 is 1. The summed E-state index contributed by atoms with van der Waals surface area (Å²) in [5, 5.41) is 0. The topological polar surface area (TPSA) is 26.3 Å². The minimum absolute atomic E-state index is 0.264. The summed E-state index contributed by atoms with van der Waals surface area (Å²) in [6.45, 7) is 0. The average molecular weight is 328 g/mol. The lowest BCUT2D eigenvalue weighted by Gasteiger charge is -2.23. The van der Waals surface area contributed by atoms with Crippen LogP contribution in [0.3, 0.4) is 0 Å². The van der Waals surface area contributed by atoms with Gasteiger partial charge in [-0.25, -0.2) is 0 Å². The van der Waals surface area contributed by atoms with Crippen LogP contribution < -0.4 is 4.74 Å². The van der Waals surface area contributed by atoms with Gasteiger partial charge in [0.2, 0.25) is 5.78 Å². The molecule has 0 amide bonds. The molecule has 0 heterocycles. The second kappa shape index (κ2) is 5.87. The van der Waals surface area contributed by atoms with Crippen molar-refractivity contribution in [3.63, 3.8) is 0 Å². The molecular weight excluding hydrogens is 321 g/mol. The molecule has 0 fully saturated rings. The first-order valence-electron chi connectivity index (χ1n) is 5.46. The second-order valence-corrected chi connectivity index (χ2v) is 3.95. The summed E-state index contributed by atoms with van der Waals surface area (Å²) in [6.07, 6.45) is -6.49. The highest BCUT2D eigenvalue weighted by Gasteiger charge is 2.72. The van der Waals surface area contributed by atoms with Gasteiger partial charge in [-0.05, 0) is 36.1 Å². The van der Waals surface area contributed by atoms with E-state index in [1.165, 1.54) is 19.2 Å². The van der Waals surface area contributed by atoms with E-state index in [4.69, 9.17) is 4.74 Å². The van der Waals surface area contributed by atoms with Gasteiger partial charge in [-0.3, -0.25) is 4.79 Å². The van der Waals surface area contributed by atoms with E-state index < -0.39 is 23.8 Å². The zero-order valence-electron chi connectivity index (χ0n) is 10.8. The molecule has 0 saturated carbocycles. The van der Waals surface area contributed by atoms with Crippen molar-refractivity contribution in [3.8, 4) is 17.6 Å². The van der Waals surface area contributed by atoms with E-state index >= 15 is 0 Å². The van der Waals surface area contributed by atoms with Crippen molar-refractivity contribution in [3.05, 3.63) is 29.8 Å². The monoisotopic (exact) mass is 328 g/mol. The molecule has 0 saturated heterocycles. The smallest absolute Gasteiger partial charge is 0.461 e. The Morgan fingerprint density at radius 3 is 1.91 bits per heavy atom. The van der Waals surface area contributed by atoms with Crippen LogP contribution in [0.1, 0.15) is 10.4 Å². The summed E-state index contributed by atoms with van der Waals surface area (Å²) >= 11 is 0. The number of carbonyl (C=O) groups excluding carboxylic acids is 1. The summed E-state index contributed by atoms with van der Waals surface area (Å²) in [6, 6.07) is 4.71. The van der Waals surface area contributed by atoms with Gasteiger partial charge in [0.05, 0.1) is 7.11 Å². The van der Waals surface area contributed by atoms with Crippen LogP contribution in [0.4, 0.5) is 30.7 Å².